The van der Waals surface area contributed by atoms with E-state index in [9.17, 15) is 0 Å². The molecule has 2 rings (SSSR count). The van der Waals surface area contributed by atoms with Crippen molar-refractivity contribution < 1.29 is 4.42 Å². The molecule has 1 aromatic rings. The fourth-order valence-corrected chi connectivity index (χ4v) is 3.67. The molecule has 1 N–H and O–H groups in total. The van der Waals surface area contributed by atoms with E-state index in [4.69, 9.17) is 4.42 Å². The van der Waals surface area contributed by atoms with Gasteiger partial charge in [-0.2, -0.15) is 11.8 Å². The Bertz CT molecular complexity index is 338. The molecule has 96 valence electrons. The smallest absolute Gasteiger partial charge is 0.208 e. The third-order valence-corrected chi connectivity index (χ3v) is 4.59. The Morgan fingerprint density at radius 3 is 3.00 bits per heavy atom. The topological polar surface area (TPSA) is 38.1 Å². The minimum absolute atomic E-state index is 0.626. The summed E-state index contributed by atoms with van der Waals surface area (Å²) in [6, 6.07) is 0.626. The van der Waals surface area contributed by atoms with Crippen LogP contribution in [0, 0.1) is 6.92 Å². The van der Waals surface area contributed by atoms with Crippen molar-refractivity contribution in [3.63, 3.8) is 0 Å². The minimum Gasteiger partial charge on any atom is -0.445 e. The Morgan fingerprint density at radius 2 is 2.29 bits per heavy atom. The fourth-order valence-electron chi connectivity index (χ4n) is 2.45. The van der Waals surface area contributed by atoms with Crippen molar-refractivity contribution in [2.75, 3.05) is 5.75 Å². The number of thioether (sulfide) groups is 1. The molecule has 1 fully saturated rings. The maximum atomic E-state index is 5.49. The molecule has 2 atom stereocenters. The van der Waals surface area contributed by atoms with E-state index in [2.05, 4.69) is 29.0 Å². The average Bonchev–Trinajstić information content (AvgIpc) is 2.74. The molecule has 1 saturated carbocycles. The zero-order valence-corrected chi connectivity index (χ0v) is 11.6. The second-order valence-corrected chi connectivity index (χ2v) is 6.15. The lowest BCUT2D eigenvalue weighted by Crippen LogP contribution is -2.40. The Morgan fingerprint density at radius 1 is 1.47 bits per heavy atom. The molecule has 0 saturated heterocycles. The molecule has 3 nitrogen and oxygen atoms in total. The van der Waals surface area contributed by atoms with Crippen LogP contribution in [0.5, 0.6) is 0 Å². The first kappa shape index (κ1) is 13.0. The van der Waals surface area contributed by atoms with E-state index in [1.54, 1.807) is 6.20 Å². The maximum Gasteiger partial charge on any atom is 0.208 e. The van der Waals surface area contributed by atoms with Gasteiger partial charge in [-0.05, 0) is 25.5 Å². The van der Waals surface area contributed by atoms with Crippen molar-refractivity contribution in [1.82, 2.24) is 10.3 Å². The minimum atomic E-state index is 0.626. The summed E-state index contributed by atoms with van der Waals surface area (Å²) >= 11 is 2.09. The lowest BCUT2D eigenvalue weighted by molar-refractivity contribution is 0.358. The van der Waals surface area contributed by atoms with Crippen LogP contribution in [0.4, 0.5) is 0 Å². The van der Waals surface area contributed by atoms with Crippen LogP contribution in [0.15, 0.2) is 10.6 Å². The summed E-state index contributed by atoms with van der Waals surface area (Å²) in [6.45, 7) is 4.94. The summed E-state index contributed by atoms with van der Waals surface area (Å²) in [6.07, 6.45) is 7.16. The van der Waals surface area contributed by atoms with E-state index >= 15 is 0 Å². The van der Waals surface area contributed by atoms with Gasteiger partial charge in [0.25, 0.3) is 0 Å². The molecule has 4 heteroatoms. The fraction of sp³-hybridized carbons (Fsp3) is 0.769. The van der Waals surface area contributed by atoms with E-state index < -0.39 is 0 Å². The normalized spacial score (nSPS) is 25.1. The number of oxazole rings is 1. The Labute approximate surface area is 108 Å². The van der Waals surface area contributed by atoms with Crippen molar-refractivity contribution in [2.45, 2.75) is 57.4 Å². The predicted octanol–water partition coefficient (Wildman–Crippen LogP) is 3.14. The molecule has 0 spiro atoms. The molecule has 17 heavy (non-hydrogen) atoms. The zero-order chi connectivity index (χ0) is 12.1. The Kier molecular flexibility index (Phi) is 4.92. The summed E-state index contributed by atoms with van der Waals surface area (Å²) in [7, 11) is 0. The predicted molar refractivity (Wildman–Crippen MR) is 72.3 cm³/mol. The van der Waals surface area contributed by atoms with E-state index in [0.717, 1.165) is 23.4 Å². The van der Waals surface area contributed by atoms with E-state index in [1.807, 2.05) is 6.92 Å². The average molecular weight is 254 g/mol. The van der Waals surface area contributed by atoms with Gasteiger partial charge in [0.15, 0.2) is 0 Å². The highest BCUT2D eigenvalue weighted by Gasteiger charge is 2.24. The van der Waals surface area contributed by atoms with Gasteiger partial charge in [-0.1, -0.05) is 19.8 Å². The lowest BCUT2D eigenvalue weighted by Gasteiger charge is -2.31. The second-order valence-electron chi connectivity index (χ2n) is 4.63. The molecule has 1 aromatic heterocycles. The van der Waals surface area contributed by atoms with Gasteiger partial charge in [-0.3, -0.25) is 0 Å². The van der Waals surface area contributed by atoms with Crippen LogP contribution in [-0.4, -0.2) is 22.0 Å². The van der Waals surface area contributed by atoms with Crippen molar-refractivity contribution in [1.29, 1.82) is 0 Å². The Balaban J connectivity index is 1.83. The second kappa shape index (κ2) is 6.45. The van der Waals surface area contributed by atoms with Crippen molar-refractivity contribution >= 4 is 11.8 Å². The van der Waals surface area contributed by atoms with Crippen molar-refractivity contribution in [3.05, 3.63) is 17.8 Å². The SMILES string of the molecule is CCSC1CCCCC1NCc1ncc(C)o1. The first-order chi connectivity index (χ1) is 8.29. The Hall–Kier alpha value is -0.480. The van der Waals surface area contributed by atoms with E-state index in [0.29, 0.717) is 6.04 Å². The number of nitrogens with zero attached hydrogens (tertiary/aromatic N) is 1. The molecule has 1 heterocycles. The number of rotatable bonds is 5. The molecular formula is C13H22N2OS. The van der Waals surface area contributed by atoms with Crippen LogP contribution in [0.2, 0.25) is 0 Å². The number of hydrogen-bond acceptors (Lipinski definition) is 4. The zero-order valence-electron chi connectivity index (χ0n) is 10.7. The van der Waals surface area contributed by atoms with Gasteiger partial charge in [0.2, 0.25) is 5.89 Å². The van der Waals surface area contributed by atoms with Gasteiger partial charge < -0.3 is 9.73 Å². The number of aromatic nitrogens is 1. The summed E-state index contributed by atoms with van der Waals surface area (Å²) in [5.74, 6) is 2.92. The van der Waals surface area contributed by atoms with Gasteiger partial charge in [-0.25, -0.2) is 4.98 Å². The summed E-state index contributed by atoms with van der Waals surface area (Å²) in [5.41, 5.74) is 0. The summed E-state index contributed by atoms with van der Waals surface area (Å²) in [5, 5.41) is 4.38. The van der Waals surface area contributed by atoms with Crippen molar-refractivity contribution in [2.24, 2.45) is 0 Å². The van der Waals surface area contributed by atoms with Gasteiger partial charge in [0.1, 0.15) is 5.76 Å². The van der Waals surface area contributed by atoms with Crippen molar-refractivity contribution in [3.8, 4) is 0 Å². The molecule has 1 aliphatic rings. The maximum absolute atomic E-state index is 5.49. The first-order valence-corrected chi connectivity index (χ1v) is 7.60. The standard InChI is InChI=1S/C13H22N2OS/c1-3-17-12-7-5-4-6-11(12)14-9-13-15-8-10(2)16-13/h8,11-12,14H,3-7,9H2,1-2H3. The molecule has 0 aliphatic heterocycles. The largest absolute Gasteiger partial charge is 0.445 e. The van der Waals surface area contributed by atoms with Gasteiger partial charge in [0.05, 0.1) is 12.7 Å². The quantitative estimate of drug-likeness (QED) is 0.876. The highest BCUT2D eigenvalue weighted by molar-refractivity contribution is 7.99. The monoisotopic (exact) mass is 254 g/mol. The van der Waals surface area contributed by atoms with Crippen LogP contribution >= 0.6 is 11.8 Å². The van der Waals surface area contributed by atoms with Gasteiger partial charge in [-0.15, -0.1) is 0 Å². The first-order valence-electron chi connectivity index (χ1n) is 6.56. The van der Waals surface area contributed by atoms with E-state index in [-0.39, 0.29) is 0 Å². The van der Waals surface area contributed by atoms with E-state index in [1.165, 1.54) is 31.4 Å². The third kappa shape index (κ3) is 3.75. The number of aryl methyl sites for hydroxylation is 1. The molecule has 0 amide bonds. The lowest BCUT2D eigenvalue weighted by atomic mass is 9.95. The van der Waals surface area contributed by atoms with Crippen LogP contribution in [0.25, 0.3) is 0 Å². The summed E-state index contributed by atoms with van der Waals surface area (Å²) < 4.78 is 5.49. The van der Waals surface area contributed by atoms with Crippen LogP contribution in [0.3, 0.4) is 0 Å². The molecule has 0 aromatic carbocycles. The molecule has 2 unspecified atom stereocenters. The molecule has 0 bridgehead atoms. The highest BCUT2D eigenvalue weighted by atomic mass is 32.2. The molecule has 1 aliphatic carbocycles. The van der Waals surface area contributed by atoms with Crippen LogP contribution in [0.1, 0.15) is 44.3 Å². The third-order valence-electron chi connectivity index (χ3n) is 3.27. The van der Waals surface area contributed by atoms with Crippen LogP contribution < -0.4 is 5.32 Å². The highest BCUT2D eigenvalue weighted by Crippen LogP contribution is 2.28. The number of hydrogen-bond donors (Lipinski definition) is 1. The molecular weight excluding hydrogens is 232 g/mol. The molecule has 0 radical (unpaired) electrons. The summed E-state index contributed by atoms with van der Waals surface area (Å²) in [4.78, 5) is 4.24. The van der Waals surface area contributed by atoms with Gasteiger partial charge in [0, 0.05) is 11.3 Å². The number of nitrogens with one attached hydrogen (secondary N) is 1. The van der Waals surface area contributed by atoms with Crippen LogP contribution in [-0.2, 0) is 6.54 Å². The van der Waals surface area contributed by atoms with Gasteiger partial charge >= 0.3 is 0 Å².